The predicted octanol–water partition coefficient (Wildman–Crippen LogP) is 4.42. The van der Waals surface area contributed by atoms with E-state index in [1.165, 1.54) is 38.5 Å². The Hall–Kier alpha value is -1.29. The zero-order valence-electron chi connectivity index (χ0n) is 13.3. The molecule has 4 nitrogen and oxygen atoms in total. The summed E-state index contributed by atoms with van der Waals surface area (Å²) in [5.41, 5.74) is 2.00. The van der Waals surface area contributed by atoms with Crippen molar-refractivity contribution in [3.05, 3.63) is 23.0 Å². The number of halogens is 1. The summed E-state index contributed by atoms with van der Waals surface area (Å²) in [7, 11) is 0. The molecule has 22 heavy (non-hydrogen) atoms. The molecule has 2 heterocycles. The molecule has 0 radical (unpaired) electrons. The highest BCUT2D eigenvalue weighted by atomic mass is 35.5. The van der Waals surface area contributed by atoms with Crippen LogP contribution in [0.3, 0.4) is 0 Å². The Balaban J connectivity index is 1.79. The lowest BCUT2D eigenvalue weighted by atomic mass is 9.83. The maximum atomic E-state index is 6.30. The predicted molar refractivity (Wildman–Crippen MR) is 89.6 cm³/mol. The molecule has 1 N–H and O–H groups in total. The van der Waals surface area contributed by atoms with E-state index in [1.54, 1.807) is 6.20 Å². The zero-order valence-corrected chi connectivity index (χ0v) is 14.0. The van der Waals surface area contributed by atoms with E-state index in [2.05, 4.69) is 30.3 Å². The van der Waals surface area contributed by atoms with Crippen LogP contribution in [0.25, 0.3) is 5.65 Å². The number of hydrogen-bond donors (Lipinski definition) is 1. The molecule has 5 heteroatoms. The van der Waals surface area contributed by atoms with Gasteiger partial charge >= 0.3 is 0 Å². The molecule has 2 aliphatic carbocycles. The van der Waals surface area contributed by atoms with Crippen LogP contribution in [-0.2, 0) is 5.41 Å². The number of nitrogens with zero attached hydrogens (tertiary/aromatic N) is 3. The van der Waals surface area contributed by atoms with Crippen molar-refractivity contribution in [1.29, 1.82) is 0 Å². The van der Waals surface area contributed by atoms with Gasteiger partial charge in [0.25, 0.3) is 0 Å². The summed E-state index contributed by atoms with van der Waals surface area (Å²) in [5.74, 6) is 1.77. The fourth-order valence-electron chi connectivity index (χ4n) is 3.66. The minimum Gasteiger partial charge on any atom is -0.367 e. The molecular weight excluding hydrogens is 296 g/mol. The maximum absolute atomic E-state index is 6.30. The Morgan fingerprint density at radius 2 is 1.95 bits per heavy atom. The second kappa shape index (κ2) is 5.12. The number of rotatable bonds is 4. The quantitative estimate of drug-likeness (QED) is 0.907. The lowest BCUT2D eigenvalue weighted by molar-refractivity contribution is 0.441. The first-order valence-corrected chi connectivity index (χ1v) is 8.75. The van der Waals surface area contributed by atoms with Gasteiger partial charge in [0.05, 0.1) is 11.9 Å². The van der Waals surface area contributed by atoms with Crippen LogP contribution in [0.1, 0.15) is 58.1 Å². The molecule has 2 fully saturated rings. The van der Waals surface area contributed by atoms with Crippen LogP contribution in [0, 0.1) is 5.92 Å². The van der Waals surface area contributed by atoms with E-state index in [9.17, 15) is 0 Å². The van der Waals surface area contributed by atoms with E-state index in [0.29, 0.717) is 11.1 Å². The topological polar surface area (TPSA) is 42.2 Å². The maximum Gasteiger partial charge on any atom is 0.176 e. The zero-order chi connectivity index (χ0) is 15.3. The molecule has 0 aromatic carbocycles. The summed E-state index contributed by atoms with van der Waals surface area (Å²) < 4.78 is 1.85. The largest absolute Gasteiger partial charge is 0.367 e. The van der Waals surface area contributed by atoms with Gasteiger partial charge in [-0.25, -0.2) is 4.98 Å². The average Bonchev–Trinajstić information content (AvgIpc) is 3.13. The van der Waals surface area contributed by atoms with Crippen molar-refractivity contribution in [3.8, 4) is 0 Å². The Labute approximate surface area is 136 Å². The normalized spacial score (nSPS) is 20.0. The van der Waals surface area contributed by atoms with Gasteiger partial charge in [0.15, 0.2) is 5.65 Å². The van der Waals surface area contributed by atoms with Gasteiger partial charge in [0.1, 0.15) is 10.8 Å². The van der Waals surface area contributed by atoms with Crippen molar-refractivity contribution in [2.45, 2.75) is 63.8 Å². The molecule has 2 aliphatic rings. The molecule has 2 saturated carbocycles. The molecule has 0 amide bonds. The van der Waals surface area contributed by atoms with Crippen molar-refractivity contribution in [2.24, 2.45) is 5.92 Å². The summed E-state index contributed by atoms with van der Waals surface area (Å²) in [5, 5.41) is 8.70. The molecular formula is C17H23ClN4. The van der Waals surface area contributed by atoms with Gasteiger partial charge in [-0.15, -0.1) is 0 Å². The van der Waals surface area contributed by atoms with Gasteiger partial charge in [0, 0.05) is 17.5 Å². The Bertz CT molecular complexity index is 696. The first-order chi connectivity index (χ1) is 10.6. The van der Waals surface area contributed by atoms with Crippen LogP contribution in [0.4, 0.5) is 5.82 Å². The number of anilines is 1. The Morgan fingerprint density at radius 1 is 1.23 bits per heavy atom. The highest BCUT2D eigenvalue weighted by Gasteiger charge is 2.40. The van der Waals surface area contributed by atoms with Crippen molar-refractivity contribution in [2.75, 3.05) is 5.32 Å². The fraction of sp³-hybridized carbons (Fsp3) is 0.647. The Morgan fingerprint density at radius 3 is 2.64 bits per heavy atom. The number of hydrogen-bond acceptors (Lipinski definition) is 3. The smallest absolute Gasteiger partial charge is 0.176 e. The van der Waals surface area contributed by atoms with Gasteiger partial charge in [-0.2, -0.15) is 9.61 Å². The minimum absolute atomic E-state index is 0.0987. The molecule has 2 aromatic heterocycles. The van der Waals surface area contributed by atoms with Crippen LogP contribution < -0.4 is 5.32 Å². The highest BCUT2D eigenvalue weighted by Crippen LogP contribution is 2.47. The van der Waals surface area contributed by atoms with Crippen LogP contribution in [0.2, 0.25) is 5.02 Å². The molecule has 0 saturated heterocycles. The van der Waals surface area contributed by atoms with Gasteiger partial charge in [-0.1, -0.05) is 38.3 Å². The average molecular weight is 319 g/mol. The van der Waals surface area contributed by atoms with E-state index >= 15 is 0 Å². The third-order valence-electron chi connectivity index (χ3n) is 5.39. The van der Waals surface area contributed by atoms with Crippen molar-refractivity contribution in [1.82, 2.24) is 14.6 Å². The minimum atomic E-state index is 0.0987. The molecule has 0 atom stereocenters. The van der Waals surface area contributed by atoms with Crippen molar-refractivity contribution < 1.29 is 0 Å². The molecule has 0 aliphatic heterocycles. The molecule has 0 unspecified atom stereocenters. The van der Waals surface area contributed by atoms with Gasteiger partial charge in [-0.3, -0.25) is 0 Å². The summed E-state index contributed by atoms with van der Waals surface area (Å²) in [4.78, 5) is 4.83. The van der Waals surface area contributed by atoms with Gasteiger partial charge < -0.3 is 5.32 Å². The van der Waals surface area contributed by atoms with Crippen LogP contribution in [-0.4, -0.2) is 20.6 Å². The lowest BCUT2D eigenvalue weighted by Gasteiger charge is -2.25. The summed E-state index contributed by atoms with van der Waals surface area (Å²) in [6.45, 7) is 4.60. The van der Waals surface area contributed by atoms with E-state index in [4.69, 9.17) is 16.6 Å². The summed E-state index contributed by atoms with van der Waals surface area (Å²) in [6.07, 6.45) is 9.40. The second-order valence-corrected chi connectivity index (χ2v) is 7.78. The van der Waals surface area contributed by atoms with Crippen LogP contribution in [0.5, 0.6) is 0 Å². The number of aromatic nitrogens is 3. The van der Waals surface area contributed by atoms with Gasteiger partial charge in [-0.05, 0) is 31.6 Å². The summed E-state index contributed by atoms with van der Waals surface area (Å²) >= 11 is 6.30. The van der Waals surface area contributed by atoms with Crippen molar-refractivity contribution >= 4 is 23.1 Å². The first-order valence-electron chi connectivity index (χ1n) is 8.37. The number of nitrogens with one attached hydrogen (secondary N) is 1. The van der Waals surface area contributed by atoms with E-state index < -0.39 is 0 Å². The molecule has 118 valence electrons. The lowest BCUT2D eigenvalue weighted by Crippen LogP contribution is -2.24. The van der Waals surface area contributed by atoms with Crippen LogP contribution in [0.15, 0.2) is 12.3 Å². The third kappa shape index (κ3) is 2.37. The number of fused-ring (bicyclic) bond motifs is 1. The van der Waals surface area contributed by atoms with Crippen molar-refractivity contribution in [3.63, 3.8) is 0 Å². The molecule has 0 spiro atoms. The fourth-order valence-corrected chi connectivity index (χ4v) is 3.83. The van der Waals surface area contributed by atoms with Gasteiger partial charge in [0.2, 0.25) is 0 Å². The monoisotopic (exact) mass is 318 g/mol. The SMILES string of the molecule is CC(C)(c1cc(NC2CCCC2)n2ncc(Cl)c2n1)C1CC1. The first kappa shape index (κ1) is 14.3. The van der Waals surface area contributed by atoms with E-state index in [1.807, 2.05) is 4.52 Å². The summed E-state index contributed by atoms with van der Waals surface area (Å²) in [6, 6.07) is 2.73. The Kier molecular flexibility index (Phi) is 3.33. The molecule has 0 bridgehead atoms. The highest BCUT2D eigenvalue weighted by molar-refractivity contribution is 6.33. The van der Waals surface area contributed by atoms with E-state index in [-0.39, 0.29) is 5.41 Å². The van der Waals surface area contributed by atoms with Crippen LogP contribution >= 0.6 is 11.6 Å². The van der Waals surface area contributed by atoms with E-state index in [0.717, 1.165) is 23.1 Å². The molecule has 2 aromatic rings. The third-order valence-corrected chi connectivity index (χ3v) is 5.66. The molecule has 4 rings (SSSR count). The standard InChI is InChI=1S/C17H23ClN4/c1-17(2,11-7-8-11)14-9-15(20-12-5-3-4-6-12)22-16(21-14)13(18)10-19-22/h9-12,20H,3-8H2,1-2H3. The second-order valence-electron chi connectivity index (χ2n) is 7.38.